The predicted octanol–water partition coefficient (Wildman–Crippen LogP) is 2.71. The van der Waals surface area contributed by atoms with Gasteiger partial charge in [-0.3, -0.25) is 4.79 Å². The molecular weight excluding hydrogens is 242 g/mol. The van der Waals surface area contributed by atoms with E-state index in [1.807, 2.05) is 18.7 Å². The zero-order chi connectivity index (χ0) is 14.0. The fraction of sp³-hybridized carbons (Fsp3) is 0.467. The van der Waals surface area contributed by atoms with Gasteiger partial charge in [0.05, 0.1) is 5.56 Å². The number of likely N-dealkylation sites (tertiary alicyclic amines) is 1. The number of benzene rings is 1. The topological polar surface area (TPSA) is 57.6 Å². The number of hydrogen-bond acceptors (Lipinski definition) is 2. The lowest BCUT2D eigenvalue weighted by Crippen LogP contribution is -2.42. The number of aromatic carboxylic acids is 1. The molecule has 102 valence electrons. The van der Waals surface area contributed by atoms with Crippen molar-refractivity contribution in [3.05, 3.63) is 34.9 Å². The average Bonchev–Trinajstić information content (AvgIpc) is 2.37. The summed E-state index contributed by atoms with van der Waals surface area (Å²) < 4.78 is 0. The molecule has 2 rings (SSSR count). The summed E-state index contributed by atoms with van der Waals surface area (Å²) in [5.41, 5.74) is 1.45. The third-order valence-corrected chi connectivity index (χ3v) is 3.64. The molecule has 1 aliphatic rings. The van der Waals surface area contributed by atoms with Gasteiger partial charge >= 0.3 is 5.97 Å². The van der Waals surface area contributed by atoms with Crippen LogP contribution in [0.3, 0.4) is 0 Å². The third-order valence-electron chi connectivity index (χ3n) is 3.64. The lowest BCUT2D eigenvalue weighted by atomic mass is 10.0. The largest absolute Gasteiger partial charge is 0.478 e. The van der Waals surface area contributed by atoms with E-state index in [9.17, 15) is 9.59 Å². The Balaban J connectivity index is 2.30. The van der Waals surface area contributed by atoms with Crippen LogP contribution in [0.25, 0.3) is 0 Å². The van der Waals surface area contributed by atoms with Crippen molar-refractivity contribution in [1.29, 1.82) is 0 Å². The molecule has 0 bridgehead atoms. The monoisotopic (exact) mass is 261 g/mol. The Kier molecular flexibility index (Phi) is 3.88. The Morgan fingerprint density at radius 2 is 1.89 bits per heavy atom. The summed E-state index contributed by atoms with van der Waals surface area (Å²) >= 11 is 0. The van der Waals surface area contributed by atoms with Crippen LogP contribution in [0, 0.1) is 6.92 Å². The normalized spacial score (nSPS) is 19.3. The molecular formula is C15H19NO3. The molecule has 1 amide bonds. The molecule has 1 fully saturated rings. The summed E-state index contributed by atoms with van der Waals surface area (Å²) in [6.07, 6.45) is 3.19. The smallest absolute Gasteiger partial charge is 0.335 e. The number of rotatable bonds is 2. The lowest BCUT2D eigenvalue weighted by molar-refractivity contribution is 0.0635. The summed E-state index contributed by atoms with van der Waals surface area (Å²) in [7, 11) is 0. The maximum absolute atomic E-state index is 12.5. The number of aryl methyl sites for hydroxylation is 1. The standard InChI is InChI=1S/C15H19NO3/c1-10-7-12(9-13(8-10)15(18)19)14(17)16-6-4-3-5-11(16)2/h7-9,11H,3-6H2,1-2H3,(H,18,19). The highest BCUT2D eigenvalue weighted by molar-refractivity contribution is 5.98. The summed E-state index contributed by atoms with van der Waals surface area (Å²) in [6.45, 7) is 4.62. The summed E-state index contributed by atoms with van der Waals surface area (Å²) in [6, 6.07) is 5.04. The van der Waals surface area contributed by atoms with Crippen LogP contribution >= 0.6 is 0 Å². The minimum Gasteiger partial charge on any atom is -0.478 e. The highest BCUT2D eigenvalue weighted by atomic mass is 16.4. The van der Waals surface area contributed by atoms with Crippen LogP contribution in [-0.4, -0.2) is 34.5 Å². The second-order valence-corrected chi connectivity index (χ2v) is 5.24. The van der Waals surface area contributed by atoms with Gasteiger partial charge in [0, 0.05) is 18.2 Å². The van der Waals surface area contributed by atoms with Gasteiger partial charge in [0.25, 0.3) is 5.91 Å². The molecule has 19 heavy (non-hydrogen) atoms. The third kappa shape index (κ3) is 2.95. The van der Waals surface area contributed by atoms with E-state index >= 15 is 0 Å². The molecule has 1 unspecified atom stereocenters. The van der Waals surface area contributed by atoms with E-state index in [0.717, 1.165) is 31.4 Å². The van der Waals surface area contributed by atoms with E-state index in [-0.39, 0.29) is 17.5 Å². The predicted molar refractivity (Wildman–Crippen MR) is 72.5 cm³/mol. The van der Waals surface area contributed by atoms with E-state index in [1.165, 1.54) is 6.07 Å². The van der Waals surface area contributed by atoms with Gasteiger partial charge in [0.1, 0.15) is 0 Å². The number of hydrogen-bond donors (Lipinski definition) is 1. The van der Waals surface area contributed by atoms with Gasteiger partial charge < -0.3 is 10.0 Å². The van der Waals surface area contributed by atoms with Gasteiger partial charge in [0.15, 0.2) is 0 Å². The van der Waals surface area contributed by atoms with Crippen molar-refractivity contribution in [1.82, 2.24) is 4.90 Å². The number of carboxylic acid groups (broad SMARTS) is 1. The Bertz CT molecular complexity index is 510. The van der Waals surface area contributed by atoms with Gasteiger partial charge in [-0.1, -0.05) is 0 Å². The molecule has 1 heterocycles. The number of carboxylic acids is 1. The quantitative estimate of drug-likeness (QED) is 0.890. The first-order chi connectivity index (χ1) is 8.99. The van der Waals surface area contributed by atoms with Crippen molar-refractivity contribution in [2.75, 3.05) is 6.54 Å². The minimum absolute atomic E-state index is 0.0570. The van der Waals surface area contributed by atoms with Crippen LogP contribution in [-0.2, 0) is 0 Å². The van der Waals surface area contributed by atoms with Crippen molar-refractivity contribution >= 4 is 11.9 Å². The van der Waals surface area contributed by atoms with Gasteiger partial charge in [0.2, 0.25) is 0 Å². The minimum atomic E-state index is -0.996. The average molecular weight is 261 g/mol. The Labute approximate surface area is 113 Å². The molecule has 1 saturated heterocycles. The fourth-order valence-electron chi connectivity index (χ4n) is 2.60. The number of carbonyl (C=O) groups is 2. The number of piperidine rings is 1. The van der Waals surface area contributed by atoms with Crippen molar-refractivity contribution in [2.24, 2.45) is 0 Å². The molecule has 1 aromatic carbocycles. The van der Waals surface area contributed by atoms with E-state index in [2.05, 4.69) is 0 Å². The first-order valence-electron chi connectivity index (χ1n) is 6.65. The van der Waals surface area contributed by atoms with Gasteiger partial charge in [-0.15, -0.1) is 0 Å². The van der Waals surface area contributed by atoms with Crippen LogP contribution in [0.15, 0.2) is 18.2 Å². The molecule has 4 heteroatoms. The van der Waals surface area contributed by atoms with Crippen molar-refractivity contribution in [2.45, 2.75) is 39.2 Å². The molecule has 1 N–H and O–H groups in total. The number of amides is 1. The Hall–Kier alpha value is -1.84. The highest BCUT2D eigenvalue weighted by Gasteiger charge is 2.24. The van der Waals surface area contributed by atoms with E-state index < -0.39 is 5.97 Å². The maximum Gasteiger partial charge on any atom is 0.335 e. The lowest BCUT2D eigenvalue weighted by Gasteiger charge is -2.33. The van der Waals surface area contributed by atoms with E-state index in [4.69, 9.17) is 5.11 Å². The van der Waals surface area contributed by atoms with Crippen LogP contribution in [0.4, 0.5) is 0 Å². The first-order valence-corrected chi connectivity index (χ1v) is 6.65. The second-order valence-electron chi connectivity index (χ2n) is 5.24. The van der Waals surface area contributed by atoms with E-state index in [1.54, 1.807) is 12.1 Å². The molecule has 0 spiro atoms. The number of carbonyl (C=O) groups excluding carboxylic acids is 1. The molecule has 0 radical (unpaired) electrons. The zero-order valence-corrected chi connectivity index (χ0v) is 11.3. The molecule has 1 aromatic rings. The summed E-state index contributed by atoms with van der Waals surface area (Å²) in [5, 5.41) is 9.05. The summed E-state index contributed by atoms with van der Waals surface area (Å²) in [5.74, 6) is -1.05. The van der Waals surface area contributed by atoms with Crippen molar-refractivity contribution < 1.29 is 14.7 Å². The molecule has 1 aliphatic heterocycles. The fourth-order valence-corrected chi connectivity index (χ4v) is 2.60. The highest BCUT2D eigenvalue weighted by Crippen LogP contribution is 2.20. The van der Waals surface area contributed by atoms with Crippen molar-refractivity contribution in [3.63, 3.8) is 0 Å². The van der Waals surface area contributed by atoms with Gasteiger partial charge in [-0.25, -0.2) is 4.79 Å². The Morgan fingerprint density at radius 1 is 1.21 bits per heavy atom. The van der Waals surface area contributed by atoms with Crippen LogP contribution in [0.1, 0.15) is 52.5 Å². The molecule has 0 aliphatic carbocycles. The maximum atomic E-state index is 12.5. The van der Waals surface area contributed by atoms with E-state index in [0.29, 0.717) is 5.56 Å². The summed E-state index contributed by atoms with van der Waals surface area (Å²) in [4.78, 5) is 25.4. The van der Waals surface area contributed by atoms with Crippen molar-refractivity contribution in [3.8, 4) is 0 Å². The van der Waals surface area contributed by atoms with Gasteiger partial charge in [-0.05, 0) is 56.9 Å². The van der Waals surface area contributed by atoms with Gasteiger partial charge in [-0.2, -0.15) is 0 Å². The molecule has 0 saturated carbocycles. The number of nitrogens with zero attached hydrogens (tertiary/aromatic N) is 1. The zero-order valence-electron chi connectivity index (χ0n) is 11.3. The molecule has 4 nitrogen and oxygen atoms in total. The first kappa shape index (κ1) is 13.6. The SMILES string of the molecule is Cc1cc(C(=O)O)cc(C(=O)N2CCCCC2C)c1. The molecule has 0 aromatic heterocycles. The van der Waals surface area contributed by atoms with Crippen LogP contribution < -0.4 is 0 Å². The molecule has 1 atom stereocenters. The van der Waals surface area contributed by atoms with Crippen LogP contribution in [0.2, 0.25) is 0 Å². The van der Waals surface area contributed by atoms with Crippen LogP contribution in [0.5, 0.6) is 0 Å². The second kappa shape index (κ2) is 5.43. The Morgan fingerprint density at radius 3 is 2.53 bits per heavy atom.